The molecule has 0 saturated carbocycles. The van der Waals surface area contributed by atoms with Crippen LogP contribution >= 0.6 is 15.9 Å². The molecule has 1 aromatic carbocycles. The normalized spacial score (nSPS) is 15.6. The zero-order valence-corrected chi connectivity index (χ0v) is 12.2. The Morgan fingerprint density at radius 3 is 2.71 bits per heavy atom. The number of carbonyl (C=O) groups excluding carboxylic acids is 1. The Labute approximate surface area is 111 Å². The van der Waals surface area contributed by atoms with Crippen molar-refractivity contribution in [2.24, 2.45) is 5.41 Å². The van der Waals surface area contributed by atoms with E-state index < -0.39 is 0 Å². The summed E-state index contributed by atoms with van der Waals surface area (Å²) in [6, 6.07) is 6.22. The van der Waals surface area contributed by atoms with E-state index in [0.717, 1.165) is 24.0 Å². The summed E-state index contributed by atoms with van der Waals surface area (Å²) in [7, 11) is 0. The molecule has 0 radical (unpaired) electrons. The predicted octanol–water partition coefficient (Wildman–Crippen LogP) is 3.38. The largest absolute Gasteiger partial charge is 0.338 e. The van der Waals surface area contributed by atoms with Gasteiger partial charge in [-0.3, -0.25) is 4.79 Å². The SMILES string of the molecule is CC(C)(C)C(=O)N1CCc2c(Br)cccc2C1. The molecule has 1 aliphatic heterocycles. The van der Waals surface area contributed by atoms with Crippen molar-refractivity contribution in [1.82, 2.24) is 4.90 Å². The van der Waals surface area contributed by atoms with Gasteiger partial charge in [-0.2, -0.15) is 0 Å². The van der Waals surface area contributed by atoms with Crippen molar-refractivity contribution in [2.75, 3.05) is 6.54 Å². The molecule has 0 unspecified atom stereocenters. The van der Waals surface area contributed by atoms with Gasteiger partial charge in [0.25, 0.3) is 0 Å². The number of halogens is 1. The van der Waals surface area contributed by atoms with Crippen molar-refractivity contribution in [1.29, 1.82) is 0 Å². The molecule has 3 heteroatoms. The molecule has 17 heavy (non-hydrogen) atoms. The Bertz CT molecular complexity index is 448. The number of nitrogens with zero attached hydrogens (tertiary/aromatic N) is 1. The van der Waals surface area contributed by atoms with Gasteiger partial charge in [-0.05, 0) is 23.6 Å². The number of rotatable bonds is 0. The lowest BCUT2D eigenvalue weighted by Crippen LogP contribution is -2.42. The number of amides is 1. The summed E-state index contributed by atoms with van der Waals surface area (Å²) < 4.78 is 1.16. The minimum atomic E-state index is -0.288. The number of fused-ring (bicyclic) bond motifs is 1. The van der Waals surface area contributed by atoms with Gasteiger partial charge < -0.3 is 4.90 Å². The molecule has 0 fully saturated rings. The van der Waals surface area contributed by atoms with Crippen LogP contribution in [0, 0.1) is 5.41 Å². The fourth-order valence-electron chi connectivity index (χ4n) is 2.21. The highest BCUT2D eigenvalue weighted by atomic mass is 79.9. The van der Waals surface area contributed by atoms with E-state index in [2.05, 4.69) is 28.1 Å². The third-order valence-electron chi connectivity index (χ3n) is 3.14. The molecule has 0 saturated heterocycles. The van der Waals surface area contributed by atoms with Crippen molar-refractivity contribution in [3.05, 3.63) is 33.8 Å². The smallest absolute Gasteiger partial charge is 0.228 e. The molecule has 92 valence electrons. The maximum Gasteiger partial charge on any atom is 0.228 e. The Hall–Kier alpha value is -0.830. The average molecular weight is 296 g/mol. The van der Waals surface area contributed by atoms with Gasteiger partial charge in [-0.15, -0.1) is 0 Å². The molecule has 1 amide bonds. The van der Waals surface area contributed by atoms with Crippen LogP contribution in [-0.4, -0.2) is 17.4 Å². The third kappa shape index (κ3) is 2.54. The van der Waals surface area contributed by atoms with Gasteiger partial charge in [-0.25, -0.2) is 0 Å². The molecular weight excluding hydrogens is 278 g/mol. The molecule has 0 bridgehead atoms. The van der Waals surface area contributed by atoms with Crippen LogP contribution in [-0.2, 0) is 17.8 Å². The quantitative estimate of drug-likeness (QED) is 0.718. The summed E-state index contributed by atoms with van der Waals surface area (Å²) in [5.41, 5.74) is 2.33. The summed E-state index contributed by atoms with van der Waals surface area (Å²) in [5.74, 6) is 0.239. The Balaban J connectivity index is 2.23. The molecule has 0 spiro atoms. The lowest BCUT2D eigenvalue weighted by atomic mass is 9.92. The van der Waals surface area contributed by atoms with Crippen LogP contribution in [0.1, 0.15) is 31.9 Å². The first-order valence-electron chi connectivity index (χ1n) is 5.95. The summed E-state index contributed by atoms with van der Waals surface area (Å²) in [4.78, 5) is 14.2. The Morgan fingerprint density at radius 1 is 1.35 bits per heavy atom. The lowest BCUT2D eigenvalue weighted by molar-refractivity contribution is -0.140. The maximum atomic E-state index is 12.2. The van der Waals surface area contributed by atoms with Crippen molar-refractivity contribution in [2.45, 2.75) is 33.7 Å². The molecule has 1 aliphatic rings. The number of hydrogen-bond donors (Lipinski definition) is 0. The molecule has 2 nitrogen and oxygen atoms in total. The molecule has 0 atom stereocenters. The molecular formula is C14H18BrNO. The molecule has 2 rings (SSSR count). The van der Waals surface area contributed by atoms with Gasteiger partial charge in [0.1, 0.15) is 0 Å². The first kappa shape index (κ1) is 12.6. The Morgan fingerprint density at radius 2 is 2.06 bits per heavy atom. The minimum Gasteiger partial charge on any atom is -0.338 e. The second kappa shape index (κ2) is 4.45. The van der Waals surface area contributed by atoms with E-state index in [1.807, 2.05) is 31.7 Å². The van der Waals surface area contributed by atoms with E-state index in [1.165, 1.54) is 11.1 Å². The van der Waals surface area contributed by atoms with Crippen LogP contribution in [0.5, 0.6) is 0 Å². The lowest BCUT2D eigenvalue weighted by Gasteiger charge is -2.34. The summed E-state index contributed by atoms with van der Waals surface area (Å²) in [6.45, 7) is 7.50. The van der Waals surface area contributed by atoms with E-state index in [-0.39, 0.29) is 11.3 Å². The van der Waals surface area contributed by atoms with Crippen LogP contribution in [0.15, 0.2) is 22.7 Å². The first-order valence-corrected chi connectivity index (χ1v) is 6.74. The van der Waals surface area contributed by atoms with E-state index in [1.54, 1.807) is 0 Å². The minimum absolute atomic E-state index is 0.239. The highest BCUT2D eigenvalue weighted by Crippen LogP contribution is 2.28. The monoisotopic (exact) mass is 295 g/mol. The van der Waals surface area contributed by atoms with Gasteiger partial charge in [0, 0.05) is 23.0 Å². The summed E-state index contributed by atoms with van der Waals surface area (Å²) in [5, 5.41) is 0. The second-order valence-corrected chi connectivity index (χ2v) is 6.46. The summed E-state index contributed by atoms with van der Waals surface area (Å²) in [6.07, 6.45) is 0.943. The van der Waals surface area contributed by atoms with E-state index >= 15 is 0 Å². The Kier molecular flexibility index (Phi) is 3.30. The van der Waals surface area contributed by atoms with Crippen LogP contribution in [0.2, 0.25) is 0 Å². The maximum absolute atomic E-state index is 12.2. The van der Waals surface area contributed by atoms with Gasteiger partial charge >= 0.3 is 0 Å². The zero-order valence-electron chi connectivity index (χ0n) is 10.6. The average Bonchev–Trinajstić information content (AvgIpc) is 2.26. The standard InChI is InChI=1S/C14H18BrNO/c1-14(2,3)13(17)16-8-7-11-10(9-16)5-4-6-12(11)15/h4-6H,7-9H2,1-3H3. The van der Waals surface area contributed by atoms with Crippen LogP contribution in [0.3, 0.4) is 0 Å². The third-order valence-corrected chi connectivity index (χ3v) is 3.88. The van der Waals surface area contributed by atoms with E-state index in [9.17, 15) is 4.79 Å². The van der Waals surface area contributed by atoms with Gasteiger partial charge in [0.05, 0.1) is 0 Å². The van der Waals surface area contributed by atoms with Crippen molar-refractivity contribution < 1.29 is 4.79 Å². The molecule has 0 aliphatic carbocycles. The van der Waals surface area contributed by atoms with Gasteiger partial charge in [0.2, 0.25) is 5.91 Å². The second-order valence-electron chi connectivity index (χ2n) is 5.60. The van der Waals surface area contributed by atoms with Crippen LogP contribution in [0.25, 0.3) is 0 Å². The summed E-state index contributed by atoms with van der Waals surface area (Å²) >= 11 is 3.57. The first-order chi connectivity index (χ1) is 7.89. The van der Waals surface area contributed by atoms with E-state index in [4.69, 9.17) is 0 Å². The topological polar surface area (TPSA) is 20.3 Å². The fraction of sp³-hybridized carbons (Fsp3) is 0.500. The van der Waals surface area contributed by atoms with E-state index in [0.29, 0.717) is 0 Å². The molecule has 1 heterocycles. The molecule has 1 aromatic rings. The number of hydrogen-bond acceptors (Lipinski definition) is 1. The fourth-order valence-corrected chi connectivity index (χ4v) is 2.82. The zero-order chi connectivity index (χ0) is 12.6. The molecule has 0 aromatic heterocycles. The van der Waals surface area contributed by atoms with Gasteiger partial charge in [0.15, 0.2) is 0 Å². The van der Waals surface area contributed by atoms with Gasteiger partial charge in [-0.1, -0.05) is 48.8 Å². The van der Waals surface area contributed by atoms with Crippen LogP contribution < -0.4 is 0 Å². The highest BCUT2D eigenvalue weighted by molar-refractivity contribution is 9.10. The predicted molar refractivity (Wildman–Crippen MR) is 72.7 cm³/mol. The highest BCUT2D eigenvalue weighted by Gasteiger charge is 2.29. The van der Waals surface area contributed by atoms with Crippen LogP contribution in [0.4, 0.5) is 0 Å². The van der Waals surface area contributed by atoms with Crippen molar-refractivity contribution in [3.63, 3.8) is 0 Å². The number of carbonyl (C=O) groups is 1. The van der Waals surface area contributed by atoms with Crippen molar-refractivity contribution >= 4 is 21.8 Å². The number of benzene rings is 1. The molecule has 0 N–H and O–H groups in total. The van der Waals surface area contributed by atoms with Crippen molar-refractivity contribution in [3.8, 4) is 0 Å².